The number of benzene rings is 2. The van der Waals surface area contributed by atoms with Gasteiger partial charge in [-0.15, -0.1) is 10.2 Å². The Hall–Kier alpha value is -3.13. The molecule has 8 heteroatoms. The third-order valence-electron chi connectivity index (χ3n) is 3.86. The van der Waals surface area contributed by atoms with Gasteiger partial charge in [0.1, 0.15) is 0 Å². The molecule has 0 spiro atoms. The molecule has 3 rings (SSSR count). The van der Waals surface area contributed by atoms with E-state index < -0.39 is 0 Å². The van der Waals surface area contributed by atoms with E-state index in [1.807, 2.05) is 41.9 Å². The van der Waals surface area contributed by atoms with E-state index >= 15 is 0 Å². The van der Waals surface area contributed by atoms with Gasteiger partial charge in [-0.1, -0.05) is 42.1 Å². The highest BCUT2D eigenvalue weighted by Gasteiger charge is 2.13. The molecule has 1 aromatic heterocycles. The normalized spacial score (nSPS) is 10.4. The molecule has 0 unspecified atom stereocenters. The average molecular weight is 381 g/mol. The van der Waals surface area contributed by atoms with Gasteiger partial charge in [0.15, 0.2) is 11.0 Å². The van der Waals surface area contributed by atoms with Crippen molar-refractivity contribution in [2.45, 2.75) is 5.16 Å². The van der Waals surface area contributed by atoms with Crippen molar-refractivity contribution in [3.63, 3.8) is 0 Å². The molecule has 0 aliphatic heterocycles. The first-order chi connectivity index (χ1) is 13.1. The molecular weight excluding hydrogens is 362 g/mol. The fourth-order valence-electron chi connectivity index (χ4n) is 2.46. The molecule has 7 nitrogen and oxygen atoms in total. The molecule has 138 valence electrons. The van der Waals surface area contributed by atoms with Crippen molar-refractivity contribution >= 4 is 29.3 Å². The van der Waals surface area contributed by atoms with Gasteiger partial charge in [-0.3, -0.25) is 9.59 Å². The average Bonchev–Trinajstić information content (AvgIpc) is 3.07. The monoisotopic (exact) mass is 381 g/mol. The highest BCUT2D eigenvalue weighted by Crippen LogP contribution is 2.22. The van der Waals surface area contributed by atoms with Gasteiger partial charge in [-0.05, 0) is 24.3 Å². The van der Waals surface area contributed by atoms with Crippen LogP contribution in [0.4, 0.5) is 5.69 Å². The second-order valence-electron chi connectivity index (χ2n) is 5.72. The van der Waals surface area contributed by atoms with Crippen molar-refractivity contribution in [3.8, 4) is 11.4 Å². The van der Waals surface area contributed by atoms with Crippen LogP contribution in [-0.4, -0.2) is 39.4 Å². The molecule has 0 radical (unpaired) electrons. The molecule has 0 atom stereocenters. The molecule has 1 heterocycles. The van der Waals surface area contributed by atoms with Crippen molar-refractivity contribution in [2.75, 3.05) is 18.1 Å². The van der Waals surface area contributed by atoms with Gasteiger partial charge in [0, 0.05) is 30.9 Å². The van der Waals surface area contributed by atoms with E-state index in [4.69, 9.17) is 0 Å². The van der Waals surface area contributed by atoms with Crippen LogP contribution in [0.25, 0.3) is 11.4 Å². The SMILES string of the molecule is CNC(=O)c1ccc(NC(=O)CSc2nnc(-c3ccccc3)n2C)cc1. The summed E-state index contributed by atoms with van der Waals surface area (Å²) in [7, 11) is 3.45. The van der Waals surface area contributed by atoms with E-state index in [9.17, 15) is 9.59 Å². The van der Waals surface area contributed by atoms with E-state index in [1.54, 1.807) is 31.3 Å². The fourth-order valence-corrected chi connectivity index (χ4v) is 3.17. The molecule has 0 saturated heterocycles. The molecule has 0 saturated carbocycles. The summed E-state index contributed by atoms with van der Waals surface area (Å²) in [6, 6.07) is 16.5. The highest BCUT2D eigenvalue weighted by atomic mass is 32.2. The third kappa shape index (κ3) is 4.53. The van der Waals surface area contributed by atoms with Crippen molar-refractivity contribution < 1.29 is 9.59 Å². The lowest BCUT2D eigenvalue weighted by Gasteiger charge is -2.06. The number of aromatic nitrogens is 3. The smallest absolute Gasteiger partial charge is 0.251 e. The predicted molar refractivity (Wildman–Crippen MR) is 106 cm³/mol. The zero-order valence-electron chi connectivity index (χ0n) is 15.0. The Morgan fingerprint density at radius 3 is 2.41 bits per heavy atom. The van der Waals surface area contributed by atoms with Crippen molar-refractivity contribution in [1.29, 1.82) is 0 Å². The number of amides is 2. The van der Waals surface area contributed by atoms with Gasteiger partial charge in [-0.25, -0.2) is 0 Å². The molecule has 0 aliphatic carbocycles. The van der Waals surface area contributed by atoms with E-state index in [1.165, 1.54) is 11.8 Å². The van der Waals surface area contributed by atoms with Crippen molar-refractivity contribution in [2.24, 2.45) is 7.05 Å². The largest absolute Gasteiger partial charge is 0.355 e. The topological polar surface area (TPSA) is 88.9 Å². The lowest BCUT2D eigenvalue weighted by Crippen LogP contribution is -2.18. The lowest BCUT2D eigenvalue weighted by molar-refractivity contribution is -0.113. The minimum absolute atomic E-state index is 0.156. The number of hydrogen-bond acceptors (Lipinski definition) is 5. The fraction of sp³-hybridized carbons (Fsp3) is 0.158. The van der Waals surface area contributed by atoms with E-state index in [0.29, 0.717) is 16.4 Å². The Morgan fingerprint density at radius 1 is 1.04 bits per heavy atom. The molecule has 27 heavy (non-hydrogen) atoms. The van der Waals surface area contributed by atoms with Crippen molar-refractivity contribution in [3.05, 3.63) is 60.2 Å². The Morgan fingerprint density at radius 2 is 1.74 bits per heavy atom. The van der Waals surface area contributed by atoms with Crippen LogP contribution >= 0.6 is 11.8 Å². The van der Waals surface area contributed by atoms with Crippen molar-refractivity contribution in [1.82, 2.24) is 20.1 Å². The van der Waals surface area contributed by atoms with Crippen LogP contribution in [0.5, 0.6) is 0 Å². The maximum atomic E-state index is 12.2. The number of anilines is 1. The first-order valence-electron chi connectivity index (χ1n) is 8.28. The van der Waals surface area contributed by atoms with Gasteiger partial charge >= 0.3 is 0 Å². The summed E-state index contributed by atoms with van der Waals surface area (Å²) in [6.45, 7) is 0. The maximum Gasteiger partial charge on any atom is 0.251 e. The summed E-state index contributed by atoms with van der Waals surface area (Å²) >= 11 is 1.31. The summed E-state index contributed by atoms with van der Waals surface area (Å²) < 4.78 is 1.87. The van der Waals surface area contributed by atoms with Gasteiger partial charge < -0.3 is 15.2 Å². The number of thioether (sulfide) groups is 1. The van der Waals surface area contributed by atoms with Crippen LogP contribution in [0.15, 0.2) is 59.8 Å². The van der Waals surface area contributed by atoms with Crippen LogP contribution < -0.4 is 10.6 Å². The molecule has 3 aromatic rings. The highest BCUT2D eigenvalue weighted by molar-refractivity contribution is 7.99. The first kappa shape index (κ1) is 18.7. The van der Waals surface area contributed by atoms with E-state index in [0.717, 1.165) is 11.4 Å². The van der Waals surface area contributed by atoms with Gasteiger partial charge in [0.05, 0.1) is 5.75 Å². The Balaban J connectivity index is 1.58. The minimum Gasteiger partial charge on any atom is -0.355 e. The number of carbonyl (C=O) groups is 2. The zero-order valence-corrected chi connectivity index (χ0v) is 15.8. The quantitative estimate of drug-likeness (QED) is 0.641. The molecule has 0 bridgehead atoms. The lowest BCUT2D eigenvalue weighted by atomic mass is 10.2. The molecule has 0 fully saturated rings. The molecule has 2 N–H and O–H groups in total. The summed E-state index contributed by atoms with van der Waals surface area (Å²) in [6.07, 6.45) is 0. The molecular formula is C19H19N5O2S. The summed E-state index contributed by atoms with van der Waals surface area (Å²) in [4.78, 5) is 23.7. The number of nitrogens with one attached hydrogen (secondary N) is 2. The molecule has 2 amide bonds. The summed E-state index contributed by atoms with van der Waals surface area (Å²) in [5, 5.41) is 14.4. The summed E-state index contributed by atoms with van der Waals surface area (Å²) in [5.74, 6) is 0.637. The Labute approximate surface area is 161 Å². The number of carbonyl (C=O) groups excluding carboxylic acids is 2. The second kappa shape index (κ2) is 8.50. The van der Waals surface area contributed by atoms with Gasteiger partial charge in [0.25, 0.3) is 5.91 Å². The maximum absolute atomic E-state index is 12.2. The van der Waals surface area contributed by atoms with Crippen LogP contribution in [0.3, 0.4) is 0 Å². The van der Waals surface area contributed by atoms with E-state index in [-0.39, 0.29) is 17.6 Å². The van der Waals surface area contributed by atoms with E-state index in [2.05, 4.69) is 20.8 Å². The van der Waals surface area contributed by atoms with Crippen LogP contribution in [-0.2, 0) is 11.8 Å². The Kier molecular flexibility index (Phi) is 5.87. The second-order valence-corrected chi connectivity index (χ2v) is 6.67. The summed E-state index contributed by atoms with van der Waals surface area (Å²) in [5.41, 5.74) is 2.15. The van der Waals surface area contributed by atoms with Gasteiger partial charge in [0.2, 0.25) is 5.91 Å². The Bertz CT molecular complexity index is 938. The number of hydrogen-bond donors (Lipinski definition) is 2. The first-order valence-corrected chi connectivity index (χ1v) is 9.26. The van der Waals surface area contributed by atoms with Gasteiger partial charge in [-0.2, -0.15) is 0 Å². The molecule has 0 aliphatic rings. The molecule has 2 aromatic carbocycles. The predicted octanol–water partition coefficient (Wildman–Crippen LogP) is 2.57. The van der Waals surface area contributed by atoms with Crippen LogP contribution in [0, 0.1) is 0 Å². The standard InChI is InChI=1S/C19H19N5O2S/c1-20-18(26)14-8-10-15(11-9-14)21-16(25)12-27-19-23-22-17(24(19)2)13-6-4-3-5-7-13/h3-11H,12H2,1-2H3,(H,20,26)(H,21,25). The van der Waals surface area contributed by atoms with Crippen LogP contribution in [0.2, 0.25) is 0 Å². The number of nitrogens with zero attached hydrogens (tertiary/aromatic N) is 3. The zero-order chi connectivity index (χ0) is 19.2. The third-order valence-corrected chi connectivity index (χ3v) is 4.88. The number of rotatable bonds is 6. The minimum atomic E-state index is -0.167. The van der Waals surface area contributed by atoms with Crippen LogP contribution in [0.1, 0.15) is 10.4 Å².